The van der Waals surface area contributed by atoms with Gasteiger partial charge in [0.15, 0.2) is 0 Å². The fourth-order valence-corrected chi connectivity index (χ4v) is 4.68. The minimum atomic E-state index is -4.65. The van der Waals surface area contributed by atoms with Crippen molar-refractivity contribution >= 4 is 32.5 Å². The Kier molecular flexibility index (Phi) is 6.59. The third kappa shape index (κ3) is 5.25. The number of halogens is 3. The number of aromatic amines is 1. The lowest BCUT2D eigenvalue weighted by Gasteiger charge is -2.14. The largest absolute Gasteiger partial charge is 0.416 e. The first-order chi connectivity index (χ1) is 17.0. The van der Waals surface area contributed by atoms with Gasteiger partial charge >= 0.3 is 6.18 Å². The minimum Gasteiger partial charge on any atom is -0.360 e. The number of sulfonamides is 1. The highest BCUT2D eigenvalue weighted by Gasteiger charge is 2.31. The first-order valence-electron chi connectivity index (χ1n) is 10.7. The van der Waals surface area contributed by atoms with Gasteiger partial charge in [0, 0.05) is 22.8 Å². The molecule has 36 heavy (non-hydrogen) atoms. The third-order valence-electron chi connectivity index (χ3n) is 5.50. The molecule has 0 aliphatic carbocycles. The van der Waals surface area contributed by atoms with Gasteiger partial charge in [-0.1, -0.05) is 36.4 Å². The second-order valence-corrected chi connectivity index (χ2v) is 9.71. The van der Waals surface area contributed by atoms with E-state index in [1.807, 2.05) is 30.3 Å². The van der Waals surface area contributed by atoms with Gasteiger partial charge in [-0.3, -0.25) is 14.3 Å². The van der Waals surface area contributed by atoms with Gasteiger partial charge in [0.1, 0.15) is 5.56 Å². The summed E-state index contributed by atoms with van der Waals surface area (Å²) in [5.41, 5.74) is -1.11. The number of benzene rings is 3. The number of amides is 1. The molecular weight excluding hydrogens is 495 g/mol. The number of nitrogens with one attached hydrogen (secondary N) is 3. The average Bonchev–Trinajstić information content (AvgIpc) is 2.84. The average molecular weight is 516 g/mol. The Hall–Kier alpha value is -4.12. The van der Waals surface area contributed by atoms with Crippen LogP contribution in [0.25, 0.3) is 10.9 Å². The number of alkyl halides is 3. The van der Waals surface area contributed by atoms with Crippen LogP contribution < -0.4 is 15.5 Å². The van der Waals surface area contributed by atoms with Crippen LogP contribution in [0.4, 0.5) is 18.9 Å². The second-order valence-electron chi connectivity index (χ2n) is 8.03. The zero-order chi connectivity index (χ0) is 26.1. The van der Waals surface area contributed by atoms with Crippen molar-refractivity contribution in [3.8, 4) is 0 Å². The highest BCUT2D eigenvalue weighted by molar-refractivity contribution is 7.92. The zero-order valence-corrected chi connectivity index (χ0v) is 19.6. The Balaban J connectivity index is 1.64. The van der Waals surface area contributed by atoms with Gasteiger partial charge in [0.25, 0.3) is 15.9 Å². The number of rotatable bonds is 6. The van der Waals surface area contributed by atoms with Gasteiger partial charge < -0.3 is 10.3 Å². The molecule has 0 saturated carbocycles. The van der Waals surface area contributed by atoms with E-state index in [-0.39, 0.29) is 27.0 Å². The van der Waals surface area contributed by atoms with Crippen molar-refractivity contribution in [2.24, 2.45) is 0 Å². The Morgan fingerprint density at radius 1 is 0.972 bits per heavy atom. The lowest BCUT2D eigenvalue weighted by atomic mass is 10.1. The van der Waals surface area contributed by atoms with E-state index in [0.717, 1.165) is 23.8 Å². The molecule has 1 atom stereocenters. The van der Waals surface area contributed by atoms with Crippen molar-refractivity contribution in [1.82, 2.24) is 10.3 Å². The monoisotopic (exact) mass is 515 g/mol. The molecule has 0 bridgehead atoms. The van der Waals surface area contributed by atoms with Gasteiger partial charge in [-0.15, -0.1) is 0 Å². The van der Waals surface area contributed by atoms with Crippen LogP contribution in [-0.4, -0.2) is 19.3 Å². The molecule has 0 aliphatic rings. The Bertz CT molecular complexity index is 1600. The molecule has 0 aliphatic heterocycles. The number of hydrogen-bond donors (Lipinski definition) is 3. The van der Waals surface area contributed by atoms with Gasteiger partial charge in [0.2, 0.25) is 5.43 Å². The Morgan fingerprint density at radius 2 is 1.69 bits per heavy atom. The van der Waals surface area contributed by atoms with Gasteiger partial charge in [-0.2, -0.15) is 13.2 Å². The maximum absolute atomic E-state index is 13.1. The lowest BCUT2D eigenvalue weighted by molar-refractivity contribution is -0.137. The Morgan fingerprint density at radius 3 is 2.39 bits per heavy atom. The number of H-pyrrole nitrogens is 1. The standard InChI is InChI=1S/C25H20F3N3O4S/c1-15(16-6-3-2-4-7-16)30-24(33)21-14-29-22-11-10-19(13-20(22)23(21)32)36(34,35)31-18-9-5-8-17(12-18)25(26,27)28/h2-15,31H,1H3,(H,29,32)(H,30,33). The van der Waals surface area contributed by atoms with Crippen molar-refractivity contribution in [1.29, 1.82) is 0 Å². The molecule has 0 radical (unpaired) electrons. The van der Waals surface area contributed by atoms with Crippen LogP contribution in [0.15, 0.2) is 88.7 Å². The molecule has 1 unspecified atom stereocenters. The molecule has 4 rings (SSSR count). The third-order valence-corrected chi connectivity index (χ3v) is 6.88. The van der Waals surface area contributed by atoms with Gasteiger partial charge in [0.05, 0.1) is 16.5 Å². The second kappa shape index (κ2) is 9.50. The number of hydrogen-bond acceptors (Lipinski definition) is 4. The summed E-state index contributed by atoms with van der Waals surface area (Å²) in [6, 6.07) is 16.1. The van der Waals surface area contributed by atoms with E-state index in [1.165, 1.54) is 24.4 Å². The van der Waals surface area contributed by atoms with Crippen LogP contribution in [0.2, 0.25) is 0 Å². The number of carbonyl (C=O) groups is 1. The van der Waals surface area contributed by atoms with Crippen LogP contribution in [0.5, 0.6) is 0 Å². The van der Waals surface area contributed by atoms with Gasteiger partial charge in [-0.25, -0.2) is 8.42 Å². The summed E-state index contributed by atoms with van der Waals surface area (Å²) in [5.74, 6) is -0.648. The summed E-state index contributed by atoms with van der Waals surface area (Å²) in [7, 11) is -4.34. The van der Waals surface area contributed by atoms with E-state index in [0.29, 0.717) is 6.07 Å². The zero-order valence-electron chi connectivity index (χ0n) is 18.8. The van der Waals surface area contributed by atoms with E-state index in [9.17, 15) is 31.2 Å². The maximum atomic E-state index is 13.1. The molecule has 1 aromatic heterocycles. The molecule has 0 spiro atoms. The number of pyridine rings is 1. The maximum Gasteiger partial charge on any atom is 0.416 e. The van der Waals surface area contributed by atoms with Crippen LogP contribution in [0.1, 0.15) is 34.5 Å². The molecule has 11 heteroatoms. The predicted molar refractivity (Wildman–Crippen MR) is 129 cm³/mol. The lowest BCUT2D eigenvalue weighted by Crippen LogP contribution is -2.31. The molecule has 1 heterocycles. The van der Waals surface area contributed by atoms with Crippen molar-refractivity contribution < 1.29 is 26.4 Å². The molecule has 0 fully saturated rings. The number of anilines is 1. The highest BCUT2D eigenvalue weighted by atomic mass is 32.2. The molecular formula is C25H20F3N3O4S. The molecule has 186 valence electrons. The molecule has 7 nitrogen and oxygen atoms in total. The number of aromatic nitrogens is 1. The fourth-order valence-electron chi connectivity index (χ4n) is 3.61. The molecule has 0 saturated heterocycles. The quantitative estimate of drug-likeness (QED) is 0.342. The molecule has 3 N–H and O–H groups in total. The van der Waals surface area contributed by atoms with Crippen molar-refractivity contribution in [2.45, 2.75) is 24.0 Å². The van der Waals surface area contributed by atoms with E-state index in [2.05, 4.69) is 15.0 Å². The predicted octanol–water partition coefficient (Wildman–Crippen LogP) is 4.84. The molecule has 4 aromatic rings. The van der Waals surface area contributed by atoms with Gasteiger partial charge in [-0.05, 0) is 48.9 Å². The van der Waals surface area contributed by atoms with Crippen molar-refractivity contribution in [2.75, 3.05) is 4.72 Å². The minimum absolute atomic E-state index is 0.0677. The first-order valence-corrected chi connectivity index (χ1v) is 12.2. The summed E-state index contributed by atoms with van der Waals surface area (Å²) in [6.45, 7) is 1.76. The van der Waals surface area contributed by atoms with E-state index >= 15 is 0 Å². The van der Waals surface area contributed by atoms with Crippen LogP contribution in [0.3, 0.4) is 0 Å². The van der Waals surface area contributed by atoms with E-state index < -0.39 is 39.1 Å². The first kappa shape index (κ1) is 25.0. The smallest absolute Gasteiger partial charge is 0.360 e. The van der Waals surface area contributed by atoms with E-state index in [4.69, 9.17) is 0 Å². The SMILES string of the molecule is CC(NC(=O)c1c[nH]c2ccc(S(=O)(=O)Nc3cccc(C(F)(F)F)c3)cc2c1=O)c1ccccc1. The summed E-state index contributed by atoms with van der Waals surface area (Å²) >= 11 is 0. The normalized spacial score (nSPS) is 12.8. The number of carbonyl (C=O) groups excluding carboxylic acids is 1. The highest BCUT2D eigenvalue weighted by Crippen LogP contribution is 2.31. The van der Waals surface area contributed by atoms with Crippen LogP contribution in [-0.2, 0) is 16.2 Å². The number of fused-ring (bicyclic) bond motifs is 1. The summed E-state index contributed by atoms with van der Waals surface area (Å²) < 4.78 is 66.7. The summed E-state index contributed by atoms with van der Waals surface area (Å²) in [4.78, 5) is 28.3. The van der Waals surface area contributed by atoms with E-state index in [1.54, 1.807) is 6.92 Å². The fraction of sp³-hybridized carbons (Fsp3) is 0.120. The van der Waals surface area contributed by atoms with Crippen LogP contribution >= 0.6 is 0 Å². The topological polar surface area (TPSA) is 108 Å². The summed E-state index contributed by atoms with van der Waals surface area (Å²) in [6.07, 6.45) is -3.40. The molecule has 1 amide bonds. The van der Waals surface area contributed by atoms with Crippen molar-refractivity contribution in [3.05, 3.63) is 106 Å². The Labute approximate surface area is 204 Å². The van der Waals surface area contributed by atoms with Crippen LogP contribution in [0, 0.1) is 0 Å². The molecule has 3 aromatic carbocycles. The van der Waals surface area contributed by atoms with Crippen molar-refractivity contribution in [3.63, 3.8) is 0 Å². The summed E-state index contributed by atoms with van der Waals surface area (Å²) in [5, 5.41) is 2.66.